The molecule has 0 spiro atoms. The van der Waals surface area contributed by atoms with Crippen molar-refractivity contribution in [1.29, 1.82) is 0 Å². The molecule has 0 fully saturated rings. The largest absolute Gasteiger partial charge is 0.312 e. The molecule has 1 aromatic heterocycles. The van der Waals surface area contributed by atoms with Crippen LogP contribution in [-0.4, -0.2) is 29.6 Å². The number of nitrogens with zero attached hydrogens (tertiary/aromatic N) is 3. The van der Waals surface area contributed by atoms with Gasteiger partial charge >= 0.3 is 0 Å². The van der Waals surface area contributed by atoms with Gasteiger partial charge in [0, 0.05) is 18.7 Å². The second kappa shape index (κ2) is 8.50. The second-order valence-corrected chi connectivity index (χ2v) is 9.29. The molecule has 0 bridgehead atoms. The van der Waals surface area contributed by atoms with Crippen molar-refractivity contribution in [3.05, 3.63) is 81.7 Å². The number of nitro groups is 1. The summed E-state index contributed by atoms with van der Waals surface area (Å²) in [5, 5.41) is 11.0. The zero-order valence-electron chi connectivity index (χ0n) is 15.2. The maximum Gasteiger partial charge on any atom is 0.270 e. The Labute approximate surface area is 170 Å². The van der Waals surface area contributed by atoms with E-state index in [4.69, 9.17) is 0 Å². The Morgan fingerprint density at radius 2 is 1.97 bits per heavy atom. The molecular formula is C19H17N3O5S2. The van der Waals surface area contributed by atoms with Gasteiger partial charge in [0.1, 0.15) is 5.75 Å². The Morgan fingerprint density at radius 3 is 2.62 bits per heavy atom. The Balaban J connectivity index is 1.93. The monoisotopic (exact) mass is 431 g/mol. The topological polar surface area (TPSA) is 112 Å². The zero-order valence-corrected chi connectivity index (χ0v) is 16.9. The third kappa shape index (κ3) is 5.04. The average molecular weight is 431 g/mol. The smallest absolute Gasteiger partial charge is 0.270 e. The quantitative estimate of drug-likeness (QED) is 0.324. The highest BCUT2D eigenvalue weighted by molar-refractivity contribution is 7.91. The van der Waals surface area contributed by atoms with E-state index in [1.54, 1.807) is 47.0 Å². The van der Waals surface area contributed by atoms with Crippen molar-refractivity contribution in [2.24, 2.45) is 4.99 Å². The van der Waals surface area contributed by atoms with Crippen LogP contribution in [0.15, 0.2) is 66.2 Å². The molecule has 0 N–H and O–H groups in total. The second-order valence-electron chi connectivity index (χ2n) is 6.22. The van der Waals surface area contributed by atoms with E-state index >= 15 is 0 Å². The van der Waals surface area contributed by atoms with Gasteiger partial charge in [-0.05, 0) is 11.6 Å². The Morgan fingerprint density at radius 1 is 1.24 bits per heavy atom. The fraction of sp³-hybridized carbons (Fsp3) is 0.158. The molecule has 1 amide bonds. The van der Waals surface area contributed by atoms with Crippen molar-refractivity contribution in [2.75, 3.05) is 5.75 Å². The number of rotatable bonds is 7. The minimum absolute atomic E-state index is 0.0761. The van der Waals surface area contributed by atoms with Gasteiger partial charge in [-0.2, -0.15) is 4.99 Å². The van der Waals surface area contributed by atoms with Crippen LogP contribution in [-0.2, 0) is 26.9 Å². The Hall–Kier alpha value is -3.11. The number of amides is 1. The standard InChI is InChI=1S/C19H17N3O5S2/c1-2-10-21-16-9-8-15(22(24)25)11-17(16)28-19(21)20-18(23)13-29(26,27)12-14-6-4-3-5-7-14/h2-9,11H,1,10,12-13H2. The van der Waals surface area contributed by atoms with Crippen molar-refractivity contribution in [1.82, 2.24) is 4.57 Å². The molecule has 0 saturated heterocycles. The van der Waals surface area contributed by atoms with E-state index in [0.717, 1.165) is 11.3 Å². The summed E-state index contributed by atoms with van der Waals surface area (Å²) >= 11 is 1.08. The number of nitro benzene ring substituents is 1. The van der Waals surface area contributed by atoms with Gasteiger partial charge in [-0.1, -0.05) is 47.7 Å². The first kappa shape index (κ1) is 20.6. The van der Waals surface area contributed by atoms with Crippen LogP contribution in [0, 0.1) is 10.1 Å². The van der Waals surface area contributed by atoms with Crippen LogP contribution in [0.3, 0.4) is 0 Å². The molecule has 0 aliphatic carbocycles. The third-order valence-corrected chi connectivity index (χ3v) is 6.48. The van der Waals surface area contributed by atoms with E-state index in [2.05, 4.69) is 11.6 Å². The highest BCUT2D eigenvalue weighted by atomic mass is 32.2. The first-order valence-electron chi connectivity index (χ1n) is 8.49. The molecule has 3 aromatic rings. The number of benzene rings is 2. The lowest BCUT2D eigenvalue weighted by Gasteiger charge is -2.02. The van der Waals surface area contributed by atoms with Crippen LogP contribution in [0.2, 0.25) is 0 Å². The van der Waals surface area contributed by atoms with Gasteiger partial charge in [0.2, 0.25) is 0 Å². The lowest BCUT2D eigenvalue weighted by atomic mass is 10.2. The fourth-order valence-electron chi connectivity index (χ4n) is 2.77. The number of sulfone groups is 1. The van der Waals surface area contributed by atoms with Crippen molar-refractivity contribution in [3.8, 4) is 0 Å². The van der Waals surface area contributed by atoms with Gasteiger partial charge in [-0.15, -0.1) is 6.58 Å². The average Bonchev–Trinajstić information content (AvgIpc) is 2.98. The summed E-state index contributed by atoms with van der Waals surface area (Å²) in [7, 11) is -3.68. The molecule has 0 saturated carbocycles. The van der Waals surface area contributed by atoms with Gasteiger partial charge in [0.05, 0.1) is 20.9 Å². The molecular weight excluding hydrogens is 414 g/mol. The molecule has 150 valence electrons. The molecule has 3 rings (SSSR count). The molecule has 1 heterocycles. The number of carbonyl (C=O) groups is 1. The summed E-state index contributed by atoms with van der Waals surface area (Å²) in [6.45, 7) is 3.99. The van der Waals surface area contributed by atoms with E-state index in [-0.39, 0.29) is 16.2 Å². The van der Waals surface area contributed by atoms with Crippen LogP contribution in [0.1, 0.15) is 5.56 Å². The van der Waals surface area contributed by atoms with Gasteiger partial charge in [0.25, 0.3) is 11.6 Å². The third-order valence-electron chi connectivity index (χ3n) is 3.98. The summed E-state index contributed by atoms with van der Waals surface area (Å²) in [6.07, 6.45) is 1.60. The number of fused-ring (bicyclic) bond motifs is 1. The zero-order chi connectivity index (χ0) is 21.0. The van der Waals surface area contributed by atoms with E-state index in [1.807, 2.05) is 0 Å². The molecule has 0 atom stereocenters. The predicted octanol–water partition coefficient (Wildman–Crippen LogP) is 2.84. The van der Waals surface area contributed by atoms with Crippen molar-refractivity contribution >= 4 is 43.0 Å². The summed E-state index contributed by atoms with van der Waals surface area (Å²) in [6, 6.07) is 12.9. The van der Waals surface area contributed by atoms with Crippen molar-refractivity contribution in [3.63, 3.8) is 0 Å². The highest BCUT2D eigenvalue weighted by Crippen LogP contribution is 2.23. The summed E-state index contributed by atoms with van der Waals surface area (Å²) < 4.78 is 26.9. The number of hydrogen-bond donors (Lipinski definition) is 0. The maximum atomic E-state index is 12.3. The number of hydrogen-bond acceptors (Lipinski definition) is 6. The van der Waals surface area contributed by atoms with Crippen LogP contribution < -0.4 is 4.80 Å². The Kier molecular flexibility index (Phi) is 6.04. The SMILES string of the molecule is C=CCn1c(=NC(=O)CS(=O)(=O)Cc2ccccc2)sc2cc([N+](=O)[O-])ccc21. The van der Waals surface area contributed by atoms with E-state index in [0.29, 0.717) is 22.3 Å². The van der Waals surface area contributed by atoms with E-state index in [9.17, 15) is 23.3 Å². The number of carbonyl (C=O) groups excluding carboxylic acids is 1. The predicted molar refractivity (Wildman–Crippen MR) is 111 cm³/mol. The molecule has 0 unspecified atom stereocenters. The van der Waals surface area contributed by atoms with Gasteiger partial charge in [-0.3, -0.25) is 14.9 Å². The van der Waals surface area contributed by atoms with Crippen LogP contribution in [0.5, 0.6) is 0 Å². The molecule has 0 aliphatic heterocycles. The number of non-ortho nitro benzene ring substituents is 1. The molecule has 0 radical (unpaired) electrons. The number of thiazole rings is 1. The lowest BCUT2D eigenvalue weighted by molar-refractivity contribution is -0.384. The maximum absolute atomic E-state index is 12.3. The van der Waals surface area contributed by atoms with Crippen molar-refractivity contribution in [2.45, 2.75) is 12.3 Å². The number of allylic oxidation sites excluding steroid dienone is 1. The lowest BCUT2D eigenvalue weighted by Crippen LogP contribution is -2.21. The van der Waals surface area contributed by atoms with Gasteiger partial charge in [-0.25, -0.2) is 8.42 Å². The Bertz CT molecular complexity index is 1260. The molecule has 29 heavy (non-hydrogen) atoms. The minimum atomic E-state index is -3.68. The first-order chi connectivity index (χ1) is 13.8. The van der Waals surface area contributed by atoms with Crippen LogP contribution in [0.25, 0.3) is 10.2 Å². The van der Waals surface area contributed by atoms with Gasteiger partial charge < -0.3 is 4.57 Å². The summed E-state index contributed by atoms with van der Waals surface area (Å²) in [4.78, 5) is 27.1. The molecule has 0 aliphatic rings. The highest BCUT2D eigenvalue weighted by Gasteiger charge is 2.18. The summed E-state index contributed by atoms with van der Waals surface area (Å²) in [5.74, 6) is -1.76. The van der Waals surface area contributed by atoms with Gasteiger partial charge in [0.15, 0.2) is 14.6 Å². The van der Waals surface area contributed by atoms with Crippen LogP contribution in [0.4, 0.5) is 5.69 Å². The normalized spacial score (nSPS) is 12.2. The molecule has 10 heteroatoms. The fourth-order valence-corrected chi connectivity index (χ4v) is 5.11. The molecule has 2 aromatic carbocycles. The number of aromatic nitrogens is 1. The van der Waals surface area contributed by atoms with E-state index in [1.165, 1.54) is 12.1 Å². The minimum Gasteiger partial charge on any atom is -0.312 e. The first-order valence-corrected chi connectivity index (χ1v) is 11.1. The van der Waals surface area contributed by atoms with E-state index < -0.39 is 26.4 Å². The summed E-state index contributed by atoms with van der Waals surface area (Å²) in [5.41, 5.74) is 1.17. The molecule has 8 nitrogen and oxygen atoms in total. The van der Waals surface area contributed by atoms with Crippen molar-refractivity contribution < 1.29 is 18.1 Å². The van der Waals surface area contributed by atoms with Crippen LogP contribution >= 0.6 is 11.3 Å².